The zero-order valence-corrected chi connectivity index (χ0v) is 26.2. The van der Waals surface area contributed by atoms with Crippen LogP contribution in [0.2, 0.25) is 0 Å². The first kappa shape index (κ1) is 32.2. The van der Waals surface area contributed by atoms with Crippen LogP contribution in [-0.2, 0) is 10.8 Å². The molecule has 4 rings (SSSR count). The predicted octanol–water partition coefficient (Wildman–Crippen LogP) is 8.68. The first-order valence-electron chi connectivity index (χ1n) is 14.4. The zero-order valence-electron chi connectivity index (χ0n) is 26.2. The maximum Gasteiger partial charge on any atom is 0.121 e. The third kappa shape index (κ3) is 7.90. The van der Waals surface area contributed by atoms with Gasteiger partial charge in [0.1, 0.15) is 23.0 Å². The fourth-order valence-corrected chi connectivity index (χ4v) is 4.75. The van der Waals surface area contributed by atoms with Crippen LogP contribution in [0.1, 0.15) is 66.5 Å². The molecule has 0 amide bonds. The molecule has 224 valence electrons. The van der Waals surface area contributed by atoms with Crippen LogP contribution in [0.4, 0.5) is 11.4 Å². The van der Waals surface area contributed by atoms with Gasteiger partial charge in [0.05, 0.1) is 13.2 Å². The quantitative estimate of drug-likeness (QED) is 0.173. The van der Waals surface area contributed by atoms with Crippen LogP contribution in [0.5, 0.6) is 23.0 Å². The summed E-state index contributed by atoms with van der Waals surface area (Å²) in [5, 5.41) is 20.3. The monoisotopic (exact) mass is 570 g/mol. The van der Waals surface area contributed by atoms with Crippen molar-refractivity contribution in [2.24, 2.45) is 0 Å². The molecule has 0 radical (unpaired) electrons. The number of nitrogens with two attached hydrogens (primary N) is 2. The summed E-state index contributed by atoms with van der Waals surface area (Å²) >= 11 is 0. The Labute approximate surface area is 250 Å². The van der Waals surface area contributed by atoms with Crippen molar-refractivity contribution in [2.75, 3.05) is 24.7 Å². The Bertz CT molecular complexity index is 1400. The van der Waals surface area contributed by atoms with Crippen LogP contribution >= 0.6 is 0 Å². The first-order valence-corrected chi connectivity index (χ1v) is 14.4. The number of hydrogen-bond acceptors (Lipinski definition) is 6. The second-order valence-corrected chi connectivity index (χ2v) is 12.3. The fourth-order valence-electron chi connectivity index (χ4n) is 4.75. The molecule has 4 aromatic carbocycles. The highest BCUT2D eigenvalue weighted by Gasteiger charge is 2.21. The standard InChI is InChI=1S/2C18H23NO2/c2*1-5-21-13-8-6-7-12(9-13)14-10-15(18(2,3)4)17(20)11-16(14)19/h2*6-11,20H,5,19H2,1-4H3. The maximum atomic E-state index is 10.1. The summed E-state index contributed by atoms with van der Waals surface area (Å²) < 4.78 is 11.1. The van der Waals surface area contributed by atoms with Crippen LogP contribution in [0.15, 0.2) is 72.8 Å². The van der Waals surface area contributed by atoms with Gasteiger partial charge >= 0.3 is 0 Å². The van der Waals surface area contributed by atoms with E-state index in [0.29, 0.717) is 24.6 Å². The van der Waals surface area contributed by atoms with Crippen LogP contribution in [0, 0.1) is 0 Å². The van der Waals surface area contributed by atoms with Crippen molar-refractivity contribution < 1.29 is 19.7 Å². The number of phenolic OH excluding ortho intramolecular Hbond substituents is 2. The first-order chi connectivity index (χ1) is 19.6. The molecule has 0 heterocycles. The summed E-state index contributed by atoms with van der Waals surface area (Å²) in [7, 11) is 0. The number of rotatable bonds is 6. The van der Waals surface area contributed by atoms with Crippen molar-refractivity contribution in [3.05, 3.63) is 83.9 Å². The molecular formula is C36H46N2O4. The average Bonchev–Trinajstić information content (AvgIpc) is 2.88. The van der Waals surface area contributed by atoms with Gasteiger partial charge in [0.15, 0.2) is 0 Å². The lowest BCUT2D eigenvalue weighted by atomic mass is 9.84. The van der Waals surface area contributed by atoms with Crippen molar-refractivity contribution in [1.29, 1.82) is 0 Å². The second-order valence-electron chi connectivity index (χ2n) is 12.3. The molecule has 6 heteroatoms. The molecule has 4 aromatic rings. The molecule has 0 atom stereocenters. The van der Waals surface area contributed by atoms with Gasteiger partial charge in [-0.1, -0.05) is 65.8 Å². The van der Waals surface area contributed by atoms with Crippen molar-refractivity contribution in [3.8, 4) is 45.3 Å². The topological polar surface area (TPSA) is 111 Å². The minimum atomic E-state index is -0.149. The molecule has 6 nitrogen and oxygen atoms in total. The molecule has 0 fully saturated rings. The highest BCUT2D eigenvalue weighted by Crippen LogP contribution is 2.40. The smallest absolute Gasteiger partial charge is 0.121 e. The summed E-state index contributed by atoms with van der Waals surface area (Å²) in [6.07, 6.45) is 0. The van der Waals surface area contributed by atoms with Gasteiger partial charge in [-0.15, -0.1) is 0 Å². The Morgan fingerprint density at radius 1 is 0.571 bits per heavy atom. The minimum absolute atomic E-state index is 0.149. The van der Waals surface area contributed by atoms with Gasteiger partial charge in [-0.3, -0.25) is 0 Å². The third-order valence-corrected chi connectivity index (χ3v) is 6.86. The van der Waals surface area contributed by atoms with E-state index in [-0.39, 0.29) is 22.3 Å². The molecule has 0 bridgehead atoms. The average molecular weight is 571 g/mol. The lowest BCUT2D eigenvalue weighted by Gasteiger charge is -2.22. The molecule has 0 aliphatic heterocycles. The molecule has 0 aliphatic carbocycles. The van der Waals surface area contributed by atoms with Crippen molar-refractivity contribution in [3.63, 3.8) is 0 Å². The molecular weight excluding hydrogens is 524 g/mol. The number of phenols is 2. The van der Waals surface area contributed by atoms with E-state index in [1.165, 1.54) is 0 Å². The van der Waals surface area contributed by atoms with E-state index >= 15 is 0 Å². The number of aromatic hydroxyl groups is 2. The number of anilines is 2. The van der Waals surface area contributed by atoms with Crippen molar-refractivity contribution in [2.45, 2.75) is 66.2 Å². The largest absolute Gasteiger partial charge is 0.508 e. The lowest BCUT2D eigenvalue weighted by molar-refractivity contribution is 0.340. The number of nitrogen functional groups attached to an aromatic ring is 2. The predicted molar refractivity (Wildman–Crippen MR) is 176 cm³/mol. The van der Waals surface area contributed by atoms with E-state index in [4.69, 9.17) is 20.9 Å². The molecule has 6 N–H and O–H groups in total. The van der Waals surface area contributed by atoms with Gasteiger partial charge in [0.25, 0.3) is 0 Å². The lowest BCUT2D eigenvalue weighted by Crippen LogP contribution is -2.12. The van der Waals surface area contributed by atoms with Gasteiger partial charge in [-0.25, -0.2) is 0 Å². The fraction of sp³-hybridized carbons (Fsp3) is 0.333. The van der Waals surface area contributed by atoms with E-state index < -0.39 is 0 Å². The Morgan fingerprint density at radius 3 is 1.24 bits per heavy atom. The number of hydrogen-bond donors (Lipinski definition) is 4. The Hall–Kier alpha value is -4.32. The van der Waals surface area contributed by atoms with E-state index in [1.54, 1.807) is 12.1 Å². The van der Waals surface area contributed by atoms with Crippen LogP contribution in [0.25, 0.3) is 22.3 Å². The summed E-state index contributed by atoms with van der Waals surface area (Å²) in [6, 6.07) is 22.9. The van der Waals surface area contributed by atoms with Gasteiger partial charge in [0.2, 0.25) is 0 Å². The minimum Gasteiger partial charge on any atom is -0.508 e. The van der Waals surface area contributed by atoms with Crippen molar-refractivity contribution >= 4 is 11.4 Å². The molecule has 0 aromatic heterocycles. The molecule has 42 heavy (non-hydrogen) atoms. The summed E-state index contributed by atoms with van der Waals surface area (Å²) in [5.41, 5.74) is 18.6. The van der Waals surface area contributed by atoms with Crippen molar-refractivity contribution in [1.82, 2.24) is 0 Å². The van der Waals surface area contributed by atoms with Crippen LogP contribution < -0.4 is 20.9 Å². The molecule has 0 aliphatic rings. The molecule has 0 saturated heterocycles. The zero-order chi connectivity index (χ0) is 31.2. The van der Waals surface area contributed by atoms with Crippen LogP contribution in [-0.4, -0.2) is 23.4 Å². The van der Waals surface area contributed by atoms with Gasteiger partial charge in [-0.2, -0.15) is 0 Å². The van der Waals surface area contributed by atoms with E-state index in [0.717, 1.165) is 44.9 Å². The van der Waals surface area contributed by atoms with Gasteiger partial charge in [-0.05, 0) is 83.3 Å². The van der Waals surface area contributed by atoms with E-state index in [1.807, 2.05) is 74.5 Å². The Morgan fingerprint density at radius 2 is 0.929 bits per heavy atom. The summed E-state index contributed by atoms with van der Waals surface area (Å²) in [6.45, 7) is 17.6. The number of benzene rings is 4. The highest BCUT2D eigenvalue weighted by atomic mass is 16.5. The Balaban J connectivity index is 0.000000230. The summed E-state index contributed by atoms with van der Waals surface area (Å²) in [4.78, 5) is 0. The number of ether oxygens (including phenoxy) is 2. The second kappa shape index (κ2) is 13.1. The SMILES string of the molecule is CCOc1cccc(-c2cc(C(C)(C)C)c(O)cc2N)c1.CCOc1cccc(-c2cc(C(C)(C)C)c(O)cc2N)c1. The summed E-state index contributed by atoms with van der Waals surface area (Å²) in [5.74, 6) is 2.12. The van der Waals surface area contributed by atoms with Gasteiger partial charge in [0, 0.05) is 34.6 Å². The van der Waals surface area contributed by atoms with Gasteiger partial charge < -0.3 is 31.2 Å². The third-order valence-electron chi connectivity index (χ3n) is 6.86. The van der Waals surface area contributed by atoms with E-state index in [2.05, 4.69) is 41.5 Å². The van der Waals surface area contributed by atoms with Crippen LogP contribution in [0.3, 0.4) is 0 Å². The molecule has 0 unspecified atom stereocenters. The highest BCUT2D eigenvalue weighted by molar-refractivity contribution is 5.80. The molecule has 0 spiro atoms. The normalized spacial score (nSPS) is 11.4. The van der Waals surface area contributed by atoms with E-state index in [9.17, 15) is 10.2 Å². The molecule has 0 saturated carbocycles. The maximum absolute atomic E-state index is 10.1. The Kier molecular flexibility index (Phi) is 10.1.